The zero-order valence-corrected chi connectivity index (χ0v) is 10.4. The van der Waals surface area contributed by atoms with E-state index in [0.29, 0.717) is 6.04 Å². The Morgan fingerprint density at radius 1 is 1.47 bits per heavy atom. The molecule has 84 valence electrons. The van der Waals surface area contributed by atoms with Gasteiger partial charge >= 0.3 is 0 Å². The van der Waals surface area contributed by atoms with Gasteiger partial charge in [0.2, 0.25) is 0 Å². The summed E-state index contributed by atoms with van der Waals surface area (Å²) in [6.45, 7) is 5.37. The lowest BCUT2D eigenvalue weighted by Crippen LogP contribution is -2.48. The molecule has 0 radical (unpaired) electrons. The van der Waals surface area contributed by atoms with E-state index in [9.17, 15) is 0 Å². The van der Waals surface area contributed by atoms with Crippen LogP contribution in [0.4, 0.5) is 0 Å². The molecule has 0 amide bonds. The minimum atomic E-state index is -0.0446. The highest BCUT2D eigenvalue weighted by molar-refractivity contribution is 6.37. The fourth-order valence-electron chi connectivity index (χ4n) is 2.06. The van der Waals surface area contributed by atoms with Gasteiger partial charge in [-0.25, -0.2) is 0 Å². The Kier molecular flexibility index (Phi) is 3.60. The van der Waals surface area contributed by atoms with Crippen molar-refractivity contribution in [3.8, 4) is 0 Å². The van der Waals surface area contributed by atoms with Gasteiger partial charge < -0.3 is 10.2 Å². The summed E-state index contributed by atoms with van der Waals surface area (Å²) in [6.07, 6.45) is 4.87. The highest BCUT2D eigenvalue weighted by Crippen LogP contribution is 2.28. The van der Waals surface area contributed by atoms with E-state index in [1.807, 2.05) is 6.08 Å². The van der Waals surface area contributed by atoms with Crippen molar-refractivity contribution in [1.29, 1.82) is 0 Å². The lowest BCUT2D eigenvalue weighted by molar-refractivity contribution is 0.249. The van der Waals surface area contributed by atoms with Gasteiger partial charge in [-0.05, 0) is 19.1 Å². The highest BCUT2D eigenvalue weighted by atomic mass is 35.5. The van der Waals surface area contributed by atoms with Crippen LogP contribution in [-0.2, 0) is 0 Å². The van der Waals surface area contributed by atoms with Crippen LogP contribution in [0, 0.1) is 0 Å². The van der Waals surface area contributed by atoms with Crippen LogP contribution in [0.1, 0.15) is 13.3 Å². The van der Waals surface area contributed by atoms with Gasteiger partial charge in [0.05, 0.1) is 5.38 Å². The first-order valence-electron chi connectivity index (χ1n) is 5.35. The smallest absolute Gasteiger partial charge is 0.0746 e. The Morgan fingerprint density at radius 2 is 2.27 bits per heavy atom. The van der Waals surface area contributed by atoms with E-state index in [0.717, 1.165) is 31.1 Å². The molecule has 15 heavy (non-hydrogen) atoms. The normalized spacial score (nSPS) is 32.3. The SMILES string of the molecule is C[C@@H]1CN(C2=CC=C(Cl)C(Cl)C2)CCN1. The Labute approximate surface area is 101 Å². The first-order chi connectivity index (χ1) is 7.16. The molecule has 1 aliphatic carbocycles. The lowest BCUT2D eigenvalue weighted by Gasteiger charge is -2.36. The van der Waals surface area contributed by atoms with Crippen molar-refractivity contribution >= 4 is 23.2 Å². The number of hydrogen-bond acceptors (Lipinski definition) is 2. The zero-order valence-electron chi connectivity index (χ0n) is 8.84. The molecule has 0 bridgehead atoms. The van der Waals surface area contributed by atoms with Gasteiger partial charge in [0.1, 0.15) is 0 Å². The third-order valence-electron chi connectivity index (χ3n) is 2.90. The number of allylic oxidation sites excluding steroid dienone is 4. The minimum absolute atomic E-state index is 0.0446. The van der Waals surface area contributed by atoms with E-state index in [-0.39, 0.29) is 5.38 Å². The number of alkyl halides is 1. The van der Waals surface area contributed by atoms with E-state index >= 15 is 0 Å². The molecule has 2 atom stereocenters. The Bertz CT molecular complexity index is 299. The molecule has 1 N–H and O–H groups in total. The summed E-state index contributed by atoms with van der Waals surface area (Å²) in [5, 5.41) is 4.14. The molecule has 0 aromatic rings. The fraction of sp³-hybridized carbons (Fsp3) is 0.636. The molecule has 1 saturated heterocycles. The number of hydrogen-bond donors (Lipinski definition) is 1. The van der Waals surface area contributed by atoms with Crippen molar-refractivity contribution in [3.05, 3.63) is 22.9 Å². The van der Waals surface area contributed by atoms with Crippen LogP contribution in [-0.4, -0.2) is 36.0 Å². The van der Waals surface area contributed by atoms with E-state index in [4.69, 9.17) is 23.2 Å². The first kappa shape index (κ1) is 11.3. The van der Waals surface area contributed by atoms with E-state index in [2.05, 4.69) is 23.2 Å². The van der Waals surface area contributed by atoms with Crippen LogP contribution in [0.15, 0.2) is 22.9 Å². The summed E-state index contributed by atoms with van der Waals surface area (Å²) in [5.74, 6) is 0. The van der Waals surface area contributed by atoms with Crippen molar-refractivity contribution in [1.82, 2.24) is 10.2 Å². The molecule has 0 aromatic carbocycles. The quantitative estimate of drug-likeness (QED) is 0.715. The average Bonchev–Trinajstić information content (AvgIpc) is 2.22. The largest absolute Gasteiger partial charge is 0.372 e. The average molecular weight is 247 g/mol. The zero-order chi connectivity index (χ0) is 10.8. The first-order valence-corrected chi connectivity index (χ1v) is 6.17. The van der Waals surface area contributed by atoms with Crippen LogP contribution in [0.25, 0.3) is 0 Å². The highest BCUT2D eigenvalue weighted by Gasteiger charge is 2.22. The number of piperazine rings is 1. The Morgan fingerprint density at radius 3 is 2.93 bits per heavy atom. The maximum atomic E-state index is 6.13. The molecular weight excluding hydrogens is 231 g/mol. The second-order valence-corrected chi connectivity index (χ2v) is 5.15. The molecule has 0 spiro atoms. The molecule has 0 saturated carbocycles. The monoisotopic (exact) mass is 246 g/mol. The number of nitrogens with zero attached hydrogens (tertiary/aromatic N) is 1. The van der Waals surface area contributed by atoms with Gasteiger partial charge in [0.25, 0.3) is 0 Å². The van der Waals surface area contributed by atoms with Gasteiger partial charge in [-0.3, -0.25) is 0 Å². The summed E-state index contributed by atoms with van der Waals surface area (Å²) in [5.41, 5.74) is 1.31. The van der Waals surface area contributed by atoms with E-state index in [1.54, 1.807) is 0 Å². The number of nitrogens with one attached hydrogen (secondary N) is 1. The van der Waals surface area contributed by atoms with Crippen LogP contribution in [0.2, 0.25) is 0 Å². The number of rotatable bonds is 1. The summed E-state index contributed by atoms with van der Waals surface area (Å²) >= 11 is 12.1. The van der Waals surface area contributed by atoms with Gasteiger partial charge in [0.15, 0.2) is 0 Å². The van der Waals surface area contributed by atoms with Crippen molar-refractivity contribution in [2.45, 2.75) is 24.8 Å². The Hall–Kier alpha value is -0.180. The molecule has 0 aromatic heterocycles. The van der Waals surface area contributed by atoms with Gasteiger partial charge in [0, 0.05) is 42.8 Å². The lowest BCUT2D eigenvalue weighted by atomic mass is 10.1. The second-order valence-electron chi connectivity index (χ2n) is 4.18. The summed E-state index contributed by atoms with van der Waals surface area (Å²) in [6, 6.07) is 0.551. The molecule has 1 unspecified atom stereocenters. The van der Waals surface area contributed by atoms with Crippen molar-refractivity contribution in [2.24, 2.45) is 0 Å². The summed E-state index contributed by atoms with van der Waals surface area (Å²) in [7, 11) is 0. The molecule has 1 fully saturated rings. The van der Waals surface area contributed by atoms with Gasteiger partial charge in [-0.1, -0.05) is 11.6 Å². The van der Waals surface area contributed by atoms with Gasteiger partial charge in [-0.15, -0.1) is 11.6 Å². The molecule has 4 heteroatoms. The third-order valence-corrected chi connectivity index (χ3v) is 3.79. The topological polar surface area (TPSA) is 15.3 Å². The predicted octanol–water partition coefficient (Wildman–Crippen LogP) is 2.30. The van der Waals surface area contributed by atoms with Crippen molar-refractivity contribution in [2.75, 3.05) is 19.6 Å². The van der Waals surface area contributed by atoms with Crippen LogP contribution < -0.4 is 5.32 Å². The molecule has 2 rings (SSSR count). The van der Waals surface area contributed by atoms with Gasteiger partial charge in [-0.2, -0.15) is 0 Å². The van der Waals surface area contributed by atoms with Crippen molar-refractivity contribution < 1.29 is 0 Å². The van der Waals surface area contributed by atoms with Crippen LogP contribution in [0.3, 0.4) is 0 Å². The molecule has 2 nitrogen and oxygen atoms in total. The van der Waals surface area contributed by atoms with Crippen LogP contribution >= 0.6 is 23.2 Å². The van der Waals surface area contributed by atoms with Crippen molar-refractivity contribution in [3.63, 3.8) is 0 Å². The molecule has 2 aliphatic rings. The molecule has 1 heterocycles. The predicted molar refractivity (Wildman–Crippen MR) is 65.3 cm³/mol. The minimum Gasteiger partial charge on any atom is -0.372 e. The molecule has 1 aliphatic heterocycles. The Balaban J connectivity index is 2.05. The third kappa shape index (κ3) is 2.68. The second kappa shape index (κ2) is 4.77. The summed E-state index contributed by atoms with van der Waals surface area (Å²) < 4.78 is 0. The van der Waals surface area contributed by atoms with E-state index < -0.39 is 0 Å². The standard InChI is InChI=1S/C11H16Cl2N2/c1-8-7-15(5-4-14-8)9-2-3-10(12)11(13)6-9/h2-3,8,11,14H,4-7H2,1H3/t8-,11?/m1/s1. The van der Waals surface area contributed by atoms with Crippen LogP contribution in [0.5, 0.6) is 0 Å². The maximum absolute atomic E-state index is 6.13. The maximum Gasteiger partial charge on any atom is 0.0746 e. The summed E-state index contributed by atoms with van der Waals surface area (Å²) in [4.78, 5) is 2.40. The van der Waals surface area contributed by atoms with E-state index in [1.165, 1.54) is 5.70 Å². The molecular formula is C11H16Cl2N2. The number of halogens is 2. The fourth-order valence-corrected chi connectivity index (χ4v) is 2.43.